The van der Waals surface area contributed by atoms with E-state index >= 15 is 0 Å². The lowest BCUT2D eigenvalue weighted by Gasteiger charge is -2.36. The number of carbonyl (C=O) groups is 2. The molecule has 0 atom stereocenters. The molecule has 65 heavy (non-hydrogen) atoms. The summed E-state index contributed by atoms with van der Waals surface area (Å²) in [6, 6.07) is 21.5. The van der Waals surface area contributed by atoms with Crippen molar-refractivity contribution in [3.05, 3.63) is 115 Å². The molecular weight excluding hydrogens is 1010 g/mol. The molecule has 6 N–H and O–H groups in total. The van der Waals surface area contributed by atoms with Crippen molar-refractivity contribution in [2.75, 3.05) is 88.3 Å². The van der Waals surface area contributed by atoms with Gasteiger partial charge in [-0.1, -0.05) is 58.5 Å². The average Bonchev–Trinajstić information content (AvgIpc) is 3.70. The molecule has 4 aliphatic rings. The van der Waals surface area contributed by atoms with E-state index in [1.165, 1.54) is 24.3 Å². The molecule has 8 rings (SSSR count). The number of halogens is 6. The van der Waals surface area contributed by atoms with Gasteiger partial charge in [0.05, 0.1) is 10.0 Å². The van der Waals surface area contributed by atoms with Crippen molar-refractivity contribution in [2.24, 2.45) is 10.3 Å². The number of sulfonamides is 2. The second-order valence-electron chi connectivity index (χ2n) is 15.7. The summed E-state index contributed by atoms with van der Waals surface area (Å²) in [5.74, 6) is -0.357. The third-order valence-electron chi connectivity index (χ3n) is 11.6. The maximum atomic E-state index is 12.7. The highest BCUT2D eigenvalue weighted by molar-refractivity contribution is 7.89. The number of fused-ring (bicyclic) bond motifs is 2. The van der Waals surface area contributed by atoms with E-state index in [4.69, 9.17) is 56.7 Å². The van der Waals surface area contributed by atoms with Crippen LogP contribution in [0.15, 0.2) is 82.6 Å². The molecule has 4 aliphatic heterocycles. The van der Waals surface area contributed by atoms with Crippen molar-refractivity contribution in [1.82, 2.24) is 19.6 Å². The van der Waals surface area contributed by atoms with Gasteiger partial charge in [0.1, 0.15) is 9.79 Å². The number of hydrogen-bond donors (Lipinski definition) is 2. The Kier molecular flexibility index (Phi) is 19.5. The third kappa shape index (κ3) is 13.5. The quantitative estimate of drug-likeness (QED) is 0.179. The predicted octanol–water partition coefficient (Wildman–Crippen LogP) is 5.64. The summed E-state index contributed by atoms with van der Waals surface area (Å²) >= 11 is 24.3. The van der Waals surface area contributed by atoms with Crippen LogP contribution in [0.4, 0.5) is 11.4 Å². The number of nitrogens with two attached hydrogens (primary N) is 2. The van der Waals surface area contributed by atoms with Crippen LogP contribution in [-0.2, 0) is 33.1 Å². The van der Waals surface area contributed by atoms with E-state index in [1.54, 1.807) is 9.80 Å². The molecule has 4 heterocycles. The Bertz CT molecular complexity index is 2390. The summed E-state index contributed by atoms with van der Waals surface area (Å²) in [7, 11) is -7.95. The summed E-state index contributed by atoms with van der Waals surface area (Å²) in [4.78, 5) is 37.9. The number of hydrogen-bond acceptors (Lipinski definition) is 10. The Balaban J connectivity index is 0.000000272. The number of anilines is 2. The molecule has 0 aromatic heterocycles. The van der Waals surface area contributed by atoms with Crippen molar-refractivity contribution >= 4 is 114 Å². The molecular formula is C42H52Cl6N8O7S2. The number of primary sulfonamides is 2. The largest absolute Gasteiger partial charge is 0.412 e. The second kappa shape index (κ2) is 23.2. The Morgan fingerprint density at radius 3 is 1.18 bits per heavy atom. The molecule has 356 valence electrons. The minimum absolute atomic E-state index is 0. The Morgan fingerprint density at radius 2 is 0.862 bits per heavy atom. The highest BCUT2D eigenvalue weighted by Crippen LogP contribution is 2.33. The number of carbonyl (C=O) groups excluding carboxylic acids is 2. The maximum Gasteiger partial charge on any atom is 0.254 e. The molecule has 2 saturated heterocycles. The van der Waals surface area contributed by atoms with Crippen LogP contribution in [-0.4, -0.2) is 132 Å². The fourth-order valence-corrected chi connectivity index (χ4v) is 10.9. The highest BCUT2D eigenvalue weighted by atomic mass is 35.5. The summed E-state index contributed by atoms with van der Waals surface area (Å²) in [6.45, 7) is 11.4. The Labute approximate surface area is 412 Å². The van der Waals surface area contributed by atoms with Crippen LogP contribution < -0.4 is 20.1 Å². The van der Waals surface area contributed by atoms with Crippen molar-refractivity contribution in [3.8, 4) is 0 Å². The van der Waals surface area contributed by atoms with Gasteiger partial charge in [0.15, 0.2) is 0 Å². The molecule has 4 aromatic carbocycles. The number of benzene rings is 4. The first-order valence-corrected chi connectivity index (χ1v) is 24.8. The Morgan fingerprint density at radius 1 is 0.508 bits per heavy atom. The third-order valence-corrected chi connectivity index (χ3v) is 14.8. The van der Waals surface area contributed by atoms with Crippen LogP contribution in [0.2, 0.25) is 20.1 Å². The standard InChI is InChI=1S/2C21H24Cl2N4O3S.2ClH.H2O/c2*22-16-3-1-4-17(12-16)26-9-7-25(8-10-26)5-2-6-27-14-15-11-19(23)20(31(24,29)30)13-18(15)21(27)28;;;/h2*1,3-4,11-13H,2,5-10,14H2,(H2,24,29,30);2*1H;1H2. The van der Waals surface area contributed by atoms with E-state index in [-0.39, 0.29) is 61.9 Å². The fourth-order valence-electron chi connectivity index (χ4n) is 8.32. The van der Waals surface area contributed by atoms with Crippen LogP contribution in [0, 0.1) is 0 Å². The summed E-state index contributed by atoms with van der Waals surface area (Å²) < 4.78 is 46.7. The van der Waals surface area contributed by atoms with E-state index in [9.17, 15) is 26.4 Å². The van der Waals surface area contributed by atoms with Gasteiger partial charge in [0.2, 0.25) is 20.0 Å². The topological polar surface area (TPSA) is 205 Å². The summed E-state index contributed by atoms with van der Waals surface area (Å²) in [5, 5.41) is 12.0. The number of rotatable bonds is 12. The lowest BCUT2D eigenvalue weighted by atomic mass is 10.1. The van der Waals surface area contributed by atoms with Gasteiger partial charge in [0.25, 0.3) is 11.8 Å². The van der Waals surface area contributed by atoms with Crippen LogP contribution in [0.5, 0.6) is 0 Å². The van der Waals surface area contributed by atoms with Gasteiger partial charge in [-0.15, -0.1) is 24.8 Å². The average molecular weight is 1060 g/mol. The van der Waals surface area contributed by atoms with Crippen LogP contribution >= 0.6 is 71.2 Å². The number of amides is 2. The van der Waals surface area contributed by atoms with E-state index < -0.39 is 20.0 Å². The molecule has 0 spiro atoms. The van der Waals surface area contributed by atoms with Gasteiger partial charge in [-0.05, 0) is 97.7 Å². The van der Waals surface area contributed by atoms with Crippen molar-refractivity contribution < 1.29 is 31.9 Å². The smallest absolute Gasteiger partial charge is 0.254 e. The minimum atomic E-state index is -3.98. The molecule has 0 unspecified atom stereocenters. The van der Waals surface area contributed by atoms with Crippen LogP contribution in [0.3, 0.4) is 0 Å². The Hall–Kier alpha value is -3.14. The van der Waals surface area contributed by atoms with Crippen molar-refractivity contribution in [2.45, 2.75) is 35.7 Å². The summed E-state index contributed by atoms with van der Waals surface area (Å²) in [6.07, 6.45) is 1.68. The second-order valence-corrected chi connectivity index (χ2v) is 20.5. The number of nitrogens with zero attached hydrogens (tertiary/aromatic N) is 6. The highest BCUT2D eigenvalue weighted by Gasteiger charge is 2.32. The number of piperazine rings is 2. The molecule has 0 radical (unpaired) electrons. The first-order valence-electron chi connectivity index (χ1n) is 20.2. The first kappa shape index (κ1) is 54.5. The van der Waals surface area contributed by atoms with Gasteiger partial charge >= 0.3 is 0 Å². The van der Waals surface area contributed by atoms with Crippen LogP contribution in [0.25, 0.3) is 0 Å². The van der Waals surface area contributed by atoms with E-state index in [1.807, 2.05) is 36.4 Å². The zero-order valence-electron chi connectivity index (χ0n) is 35.2. The lowest BCUT2D eigenvalue weighted by Crippen LogP contribution is -2.47. The molecule has 4 aromatic rings. The molecule has 23 heteroatoms. The maximum absolute atomic E-state index is 12.7. The zero-order valence-corrected chi connectivity index (χ0v) is 41.5. The van der Waals surface area contributed by atoms with Crippen LogP contribution in [0.1, 0.15) is 44.7 Å². The van der Waals surface area contributed by atoms with Gasteiger partial charge in [-0.25, -0.2) is 27.1 Å². The molecule has 0 saturated carbocycles. The normalized spacial score (nSPS) is 16.5. The van der Waals surface area contributed by atoms with E-state index in [0.717, 1.165) is 111 Å². The monoisotopic (exact) mass is 1050 g/mol. The van der Waals surface area contributed by atoms with Gasteiger partial charge in [-0.3, -0.25) is 19.4 Å². The molecule has 0 bridgehead atoms. The van der Waals surface area contributed by atoms with Gasteiger partial charge in [0, 0.05) is 111 Å². The van der Waals surface area contributed by atoms with E-state index in [0.29, 0.717) is 37.3 Å². The van der Waals surface area contributed by atoms with Gasteiger partial charge < -0.3 is 25.1 Å². The zero-order chi connectivity index (χ0) is 44.3. The lowest BCUT2D eigenvalue weighted by molar-refractivity contribution is 0.0763. The van der Waals surface area contributed by atoms with Crippen molar-refractivity contribution in [1.29, 1.82) is 0 Å². The molecule has 2 amide bonds. The van der Waals surface area contributed by atoms with E-state index in [2.05, 4.69) is 31.7 Å². The molecule has 2 fully saturated rings. The fraction of sp³-hybridized carbons (Fsp3) is 0.381. The summed E-state index contributed by atoms with van der Waals surface area (Å²) in [5.41, 5.74) is 4.48. The first-order chi connectivity index (χ1) is 29.4. The minimum Gasteiger partial charge on any atom is -0.412 e. The predicted molar refractivity (Wildman–Crippen MR) is 263 cm³/mol. The molecule has 15 nitrogen and oxygen atoms in total. The SMILES string of the molecule is Cl.Cl.NS(=O)(=O)c1cc2c(cc1Cl)CN(CCCN1CCN(c3cccc(Cl)c3)CC1)C2=O.NS(=O)(=O)c1cc2c(cc1Cl)CN(CCCN1CCN(c3cccc(Cl)c3)CC1)C2=O.O. The van der Waals surface area contributed by atoms with Crippen molar-refractivity contribution in [3.63, 3.8) is 0 Å². The molecule has 0 aliphatic carbocycles. The van der Waals surface area contributed by atoms with Gasteiger partial charge in [-0.2, -0.15) is 0 Å².